The zero-order valence-electron chi connectivity index (χ0n) is 14.6. The number of nitrogens with zero attached hydrogens (tertiary/aromatic N) is 1. The highest BCUT2D eigenvalue weighted by molar-refractivity contribution is 8.00. The highest BCUT2D eigenvalue weighted by atomic mass is 32.2. The SMILES string of the molecule is COc1ccc(CN2C(=O)CSC2c2cc3ccccc3o2)c(OC)c1. The molecule has 0 radical (unpaired) electrons. The van der Waals surface area contributed by atoms with Gasteiger partial charge in [-0.15, -0.1) is 11.8 Å². The number of furan rings is 1. The first-order chi connectivity index (χ1) is 12.7. The van der Waals surface area contributed by atoms with Crippen LogP contribution in [0.25, 0.3) is 11.0 Å². The van der Waals surface area contributed by atoms with E-state index in [-0.39, 0.29) is 11.3 Å². The number of hydrogen-bond acceptors (Lipinski definition) is 5. The molecule has 1 atom stereocenters. The third-order valence-corrected chi connectivity index (χ3v) is 5.71. The number of methoxy groups -OCH3 is 2. The highest BCUT2D eigenvalue weighted by Gasteiger charge is 2.35. The molecule has 1 fully saturated rings. The number of fused-ring (bicyclic) bond motifs is 1. The van der Waals surface area contributed by atoms with Gasteiger partial charge < -0.3 is 18.8 Å². The minimum absolute atomic E-state index is 0.0957. The number of carbonyl (C=O) groups is 1. The van der Waals surface area contributed by atoms with Gasteiger partial charge in [0.05, 0.1) is 26.5 Å². The van der Waals surface area contributed by atoms with Gasteiger partial charge in [-0.1, -0.05) is 18.2 Å². The molecule has 1 aliphatic rings. The van der Waals surface area contributed by atoms with Crippen LogP contribution in [0.4, 0.5) is 0 Å². The second kappa shape index (κ2) is 6.96. The van der Waals surface area contributed by atoms with Crippen LogP contribution < -0.4 is 9.47 Å². The predicted molar refractivity (Wildman–Crippen MR) is 102 cm³/mol. The molecule has 1 unspecified atom stereocenters. The molecule has 0 spiro atoms. The molecular formula is C20H19NO4S. The second-order valence-corrected chi connectivity index (χ2v) is 7.12. The van der Waals surface area contributed by atoms with Crippen molar-refractivity contribution in [1.29, 1.82) is 0 Å². The quantitative estimate of drug-likeness (QED) is 0.674. The van der Waals surface area contributed by atoms with Gasteiger partial charge in [0.2, 0.25) is 5.91 Å². The van der Waals surface area contributed by atoms with Crippen molar-refractivity contribution in [3.05, 3.63) is 59.9 Å². The van der Waals surface area contributed by atoms with E-state index >= 15 is 0 Å². The first-order valence-electron chi connectivity index (χ1n) is 8.30. The van der Waals surface area contributed by atoms with Crippen molar-refractivity contribution in [3.8, 4) is 11.5 Å². The van der Waals surface area contributed by atoms with E-state index < -0.39 is 0 Å². The summed E-state index contributed by atoms with van der Waals surface area (Å²) in [5.41, 5.74) is 1.77. The maximum Gasteiger partial charge on any atom is 0.234 e. The number of thioether (sulfide) groups is 1. The summed E-state index contributed by atoms with van der Waals surface area (Å²) in [7, 11) is 3.24. The first-order valence-corrected chi connectivity index (χ1v) is 9.35. The summed E-state index contributed by atoms with van der Waals surface area (Å²) in [5, 5.41) is 0.908. The van der Waals surface area contributed by atoms with Crippen LogP contribution in [-0.4, -0.2) is 30.8 Å². The van der Waals surface area contributed by atoms with E-state index in [4.69, 9.17) is 13.9 Å². The highest BCUT2D eigenvalue weighted by Crippen LogP contribution is 2.42. The Bertz CT molecular complexity index is 919. The van der Waals surface area contributed by atoms with Gasteiger partial charge in [-0.3, -0.25) is 4.79 Å². The number of carbonyl (C=O) groups excluding carboxylic acids is 1. The van der Waals surface area contributed by atoms with Crippen molar-refractivity contribution in [2.45, 2.75) is 11.9 Å². The fourth-order valence-electron chi connectivity index (χ4n) is 3.15. The van der Waals surface area contributed by atoms with Crippen molar-refractivity contribution in [1.82, 2.24) is 4.90 Å². The third kappa shape index (κ3) is 3.01. The fraction of sp³-hybridized carbons (Fsp3) is 0.250. The molecule has 2 heterocycles. The van der Waals surface area contributed by atoms with Crippen molar-refractivity contribution in [3.63, 3.8) is 0 Å². The molecule has 0 N–H and O–H groups in total. The summed E-state index contributed by atoms with van der Waals surface area (Å²) in [5.74, 6) is 2.77. The van der Waals surface area contributed by atoms with E-state index in [1.807, 2.05) is 53.4 Å². The van der Waals surface area contributed by atoms with Crippen LogP contribution in [0.1, 0.15) is 16.7 Å². The van der Waals surface area contributed by atoms with E-state index in [9.17, 15) is 4.79 Å². The molecule has 1 aliphatic heterocycles. The molecule has 26 heavy (non-hydrogen) atoms. The lowest BCUT2D eigenvalue weighted by molar-refractivity contribution is -0.128. The van der Waals surface area contributed by atoms with Gasteiger partial charge in [-0.25, -0.2) is 0 Å². The number of rotatable bonds is 5. The van der Waals surface area contributed by atoms with Crippen molar-refractivity contribution >= 4 is 28.6 Å². The minimum atomic E-state index is -0.137. The first kappa shape index (κ1) is 16.8. The lowest BCUT2D eigenvalue weighted by Gasteiger charge is -2.23. The second-order valence-electron chi connectivity index (χ2n) is 6.05. The summed E-state index contributed by atoms with van der Waals surface area (Å²) in [6, 6.07) is 15.5. The van der Waals surface area contributed by atoms with Crippen LogP contribution >= 0.6 is 11.8 Å². The normalized spacial score (nSPS) is 17.1. The Morgan fingerprint density at radius 1 is 1.15 bits per heavy atom. The smallest absolute Gasteiger partial charge is 0.234 e. The molecule has 1 aromatic heterocycles. The fourth-order valence-corrected chi connectivity index (χ4v) is 4.27. The predicted octanol–water partition coefficient (Wildman–Crippen LogP) is 4.22. The molecule has 0 saturated carbocycles. The average Bonchev–Trinajstić information content (AvgIpc) is 3.25. The van der Waals surface area contributed by atoms with E-state index in [1.54, 1.807) is 26.0 Å². The maximum atomic E-state index is 12.5. The van der Waals surface area contributed by atoms with Crippen molar-refractivity contribution in [2.75, 3.05) is 20.0 Å². The molecule has 2 aromatic carbocycles. The summed E-state index contributed by atoms with van der Waals surface area (Å²) in [6.07, 6.45) is 0. The van der Waals surface area contributed by atoms with Crippen LogP contribution in [0.2, 0.25) is 0 Å². The van der Waals surface area contributed by atoms with Crippen molar-refractivity contribution < 1.29 is 18.7 Å². The van der Waals surface area contributed by atoms with E-state index in [0.717, 1.165) is 28.0 Å². The van der Waals surface area contributed by atoms with E-state index in [0.29, 0.717) is 18.0 Å². The number of para-hydroxylation sites is 1. The van der Waals surface area contributed by atoms with Gasteiger partial charge in [0, 0.05) is 17.0 Å². The number of amides is 1. The van der Waals surface area contributed by atoms with Gasteiger partial charge in [0.1, 0.15) is 28.2 Å². The molecule has 3 aromatic rings. The van der Waals surface area contributed by atoms with E-state index in [1.165, 1.54) is 0 Å². The lowest BCUT2D eigenvalue weighted by atomic mass is 10.1. The summed E-state index contributed by atoms with van der Waals surface area (Å²) < 4.78 is 16.7. The Kier molecular flexibility index (Phi) is 4.51. The van der Waals surface area contributed by atoms with Crippen LogP contribution in [-0.2, 0) is 11.3 Å². The molecule has 1 amide bonds. The van der Waals surface area contributed by atoms with Crippen molar-refractivity contribution in [2.24, 2.45) is 0 Å². The molecule has 0 aliphatic carbocycles. The summed E-state index contributed by atoms with van der Waals surface area (Å²) >= 11 is 1.58. The standard InChI is InChI=1S/C20H19NO4S/c1-23-15-8-7-14(17(10-15)24-2)11-21-19(22)12-26-20(21)18-9-13-5-3-4-6-16(13)25-18/h3-10,20H,11-12H2,1-2H3. The zero-order valence-corrected chi connectivity index (χ0v) is 15.4. The van der Waals surface area contributed by atoms with Gasteiger partial charge in [-0.05, 0) is 24.3 Å². The van der Waals surface area contributed by atoms with Crippen LogP contribution in [0.5, 0.6) is 11.5 Å². The Morgan fingerprint density at radius 2 is 2.00 bits per heavy atom. The third-order valence-electron chi connectivity index (χ3n) is 4.49. The maximum absolute atomic E-state index is 12.5. The number of ether oxygens (including phenoxy) is 2. The molecule has 6 heteroatoms. The topological polar surface area (TPSA) is 51.9 Å². The largest absolute Gasteiger partial charge is 0.497 e. The Balaban J connectivity index is 1.64. The number of hydrogen-bond donors (Lipinski definition) is 0. The molecule has 4 rings (SSSR count). The van der Waals surface area contributed by atoms with Crippen LogP contribution in [0.3, 0.4) is 0 Å². The van der Waals surface area contributed by atoms with Crippen LogP contribution in [0, 0.1) is 0 Å². The van der Waals surface area contributed by atoms with Gasteiger partial charge in [-0.2, -0.15) is 0 Å². The van der Waals surface area contributed by atoms with Gasteiger partial charge in [0.15, 0.2) is 0 Å². The Morgan fingerprint density at radius 3 is 2.77 bits per heavy atom. The monoisotopic (exact) mass is 369 g/mol. The molecular weight excluding hydrogens is 350 g/mol. The lowest BCUT2D eigenvalue weighted by Crippen LogP contribution is -2.27. The van der Waals surface area contributed by atoms with Gasteiger partial charge >= 0.3 is 0 Å². The summed E-state index contributed by atoms with van der Waals surface area (Å²) in [6.45, 7) is 0.459. The average molecular weight is 369 g/mol. The summed E-state index contributed by atoms with van der Waals surface area (Å²) in [4.78, 5) is 14.3. The van der Waals surface area contributed by atoms with Gasteiger partial charge in [0.25, 0.3) is 0 Å². The molecule has 1 saturated heterocycles. The zero-order chi connectivity index (χ0) is 18.1. The minimum Gasteiger partial charge on any atom is -0.497 e. The Labute approximate surface area is 155 Å². The van der Waals surface area contributed by atoms with E-state index in [2.05, 4.69) is 0 Å². The molecule has 5 nitrogen and oxygen atoms in total. The molecule has 134 valence electrons. The number of benzene rings is 2. The van der Waals surface area contributed by atoms with Crippen LogP contribution in [0.15, 0.2) is 52.9 Å². The molecule has 0 bridgehead atoms. The Hall–Kier alpha value is -2.60.